The summed E-state index contributed by atoms with van der Waals surface area (Å²) in [4.78, 5) is 4.41. The second-order valence-electron chi connectivity index (χ2n) is 4.68. The van der Waals surface area contributed by atoms with E-state index in [-0.39, 0.29) is 0 Å². The summed E-state index contributed by atoms with van der Waals surface area (Å²) in [7, 11) is 1.97. The first kappa shape index (κ1) is 12.2. The van der Waals surface area contributed by atoms with Gasteiger partial charge in [-0.15, -0.1) is 0 Å². The Morgan fingerprint density at radius 1 is 1.45 bits per heavy atom. The second kappa shape index (κ2) is 4.70. The van der Waals surface area contributed by atoms with Gasteiger partial charge in [0.2, 0.25) is 0 Å². The lowest BCUT2D eigenvalue weighted by Gasteiger charge is -2.05. The average molecular weight is 266 g/mol. The number of aromatic amines is 1. The number of nitriles is 1. The van der Waals surface area contributed by atoms with Gasteiger partial charge in [0.15, 0.2) is 5.82 Å². The molecule has 0 saturated heterocycles. The Morgan fingerprint density at radius 3 is 3.10 bits per heavy atom. The fourth-order valence-electron chi connectivity index (χ4n) is 2.23. The molecule has 0 unspecified atom stereocenters. The van der Waals surface area contributed by atoms with Crippen molar-refractivity contribution in [3.63, 3.8) is 0 Å². The van der Waals surface area contributed by atoms with Crippen LogP contribution < -0.4 is 5.32 Å². The zero-order valence-electron chi connectivity index (χ0n) is 11.3. The summed E-state index contributed by atoms with van der Waals surface area (Å²) < 4.78 is 1.98. The van der Waals surface area contributed by atoms with Crippen molar-refractivity contribution in [1.29, 1.82) is 5.26 Å². The predicted molar refractivity (Wildman–Crippen MR) is 76.1 cm³/mol. The van der Waals surface area contributed by atoms with Gasteiger partial charge in [0.25, 0.3) is 0 Å². The average Bonchev–Trinajstić information content (AvgIpc) is 3.00. The number of H-pyrrole nitrogens is 1. The van der Waals surface area contributed by atoms with Crippen LogP contribution in [0.15, 0.2) is 24.5 Å². The fraction of sp³-hybridized carbons (Fsp3) is 0.214. The number of rotatable bonds is 3. The van der Waals surface area contributed by atoms with Gasteiger partial charge in [-0.3, -0.25) is 5.10 Å². The highest BCUT2D eigenvalue weighted by Gasteiger charge is 2.10. The van der Waals surface area contributed by atoms with Gasteiger partial charge in [-0.2, -0.15) is 10.4 Å². The molecule has 0 amide bonds. The quantitative estimate of drug-likeness (QED) is 0.760. The topological polar surface area (TPSA) is 82.3 Å². The molecule has 2 heterocycles. The lowest BCUT2D eigenvalue weighted by atomic mass is 10.2. The molecule has 0 radical (unpaired) electrons. The molecule has 3 rings (SSSR count). The van der Waals surface area contributed by atoms with Gasteiger partial charge >= 0.3 is 0 Å². The maximum atomic E-state index is 9.09. The summed E-state index contributed by atoms with van der Waals surface area (Å²) in [6.07, 6.45) is 1.80. The monoisotopic (exact) mass is 266 g/mol. The molecule has 2 aromatic heterocycles. The van der Waals surface area contributed by atoms with Gasteiger partial charge in [-0.1, -0.05) is 12.1 Å². The van der Waals surface area contributed by atoms with Crippen LogP contribution in [-0.2, 0) is 13.6 Å². The summed E-state index contributed by atoms with van der Waals surface area (Å²) in [5.74, 6) is 0.581. The van der Waals surface area contributed by atoms with Crippen LogP contribution >= 0.6 is 0 Å². The molecule has 6 heteroatoms. The zero-order chi connectivity index (χ0) is 14.1. The molecule has 3 aromatic rings. The highest BCUT2D eigenvalue weighted by molar-refractivity contribution is 5.79. The number of fused-ring (bicyclic) bond motifs is 1. The first-order valence-corrected chi connectivity index (χ1v) is 6.28. The van der Waals surface area contributed by atoms with Crippen LogP contribution in [0.4, 0.5) is 5.82 Å². The first-order chi connectivity index (χ1) is 9.70. The van der Waals surface area contributed by atoms with E-state index in [1.54, 1.807) is 6.33 Å². The maximum Gasteiger partial charge on any atom is 0.166 e. The maximum absolute atomic E-state index is 9.09. The predicted octanol–water partition coefficient (Wildman–Crippen LogP) is 2.09. The van der Waals surface area contributed by atoms with Crippen LogP contribution in [0.5, 0.6) is 0 Å². The first-order valence-electron chi connectivity index (χ1n) is 6.28. The molecule has 0 aliphatic carbocycles. The molecule has 0 fully saturated rings. The van der Waals surface area contributed by atoms with Crippen LogP contribution in [-0.4, -0.2) is 19.7 Å². The third-order valence-electron chi connectivity index (χ3n) is 3.34. The van der Waals surface area contributed by atoms with E-state index in [2.05, 4.69) is 26.6 Å². The third-order valence-corrected chi connectivity index (χ3v) is 3.34. The molecule has 0 aliphatic heterocycles. The number of nitrogens with one attached hydrogen (secondary N) is 2. The molecule has 100 valence electrons. The van der Waals surface area contributed by atoms with Crippen molar-refractivity contribution in [2.24, 2.45) is 7.05 Å². The van der Waals surface area contributed by atoms with E-state index in [1.165, 1.54) is 0 Å². The second-order valence-corrected chi connectivity index (χ2v) is 4.68. The Hall–Kier alpha value is -2.81. The Labute approximate surface area is 116 Å². The number of nitrogens with zero attached hydrogens (tertiary/aromatic N) is 4. The van der Waals surface area contributed by atoms with E-state index in [9.17, 15) is 0 Å². The summed E-state index contributed by atoms with van der Waals surface area (Å²) in [6, 6.07) is 8.20. The minimum atomic E-state index is 0.554. The van der Waals surface area contributed by atoms with Gasteiger partial charge in [0, 0.05) is 13.6 Å². The number of benzene rings is 1. The van der Waals surface area contributed by atoms with Crippen molar-refractivity contribution in [2.75, 3.05) is 5.32 Å². The Bertz CT molecular complexity index is 805. The summed E-state index contributed by atoms with van der Waals surface area (Å²) in [6.45, 7) is 2.41. The highest BCUT2D eigenvalue weighted by atomic mass is 15.2. The van der Waals surface area contributed by atoms with Crippen LogP contribution in [0.3, 0.4) is 0 Å². The molecule has 1 aromatic carbocycles. The third kappa shape index (κ3) is 1.89. The molecular weight excluding hydrogens is 252 g/mol. The van der Waals surface area contributed by atoms with Crippen molar-refractivity contribution >= 4 is 16.9 Å². The summed E-state index contributed by atoms with van der Waals surface area (Å²) >= 11 is 0. The number of anilines is 1. The minimum absolute atomic E-state index is 0.554. The fourth-order valence-corrected chi connectivity index (χ4v) is 2.23. The van der Waals surface area contributed by atoms with Gasteiger partial charge in [0.1, 0.15) is 11.6 Å². The molecule has 2 N–H and O–H groups in total. The van der Waals surface area contributed by atoms with Gasteiger partial charge in [0.05, 0.1) is 23.1 Å². The van der Waals surface area contributed by atoms with Crippen molar-refractivity contribution in [1.82, 2.24) is 19.7 Å². The van der Waals surface area contributed by atoms with Gasteiger partial charge in [-0.25, -0.2) is 4.98 Å². The molecule has 0 spiro atoms. The van der Waals surface area contributed by atoms with Crippen molar-refractivity contribution in [3.05, 3.63) is 41.3 Å². The smallest absolute Gasteiger partial charge is 0.166 e. The molecule has 6 nitrogen and oxygen atoms in total. The molecule has 20 heavy (non-hydrogen) atoms. The molecular formula is C14H14N6. The molecule has 0 saturated carbocycles. The number of aromatic nitrogens is 4. The van der Waals surface area contributed by atoms with Crippen LogP contribution in [0, 0.1) is 18.3 Å². The lowest BCUT2D eigenvalue weighted by molar-refractivity contribution is 0.947. The number of imidazole rings is 1. The lowest BCUT2D eigenvalue weighted by Crippen LogP contribution is -2.02. The number of hydrogen-bond acceptors (Lipinski definition) is 4. The van der Waals surface area contributed by atoms with Crippen molar-refractivity contribution in [2.45, 2.75) is 13.5 Å². The minimum Gasteiger partial charge on any atom is -0.363 e. The van der Waals surface area contributed by atoms with E-state index in [1.807, 2.05) is 36.7 Å². The molecule has 0 bridgehead atoms. The van der Waals surface area contributed by atoms with E-state index in [0.717, 1.165) is 22.3 Å². The van der Waals surface area contributed by atoms with Crippen LogP contribution in [0.1, 0.15) is 16.8 Å². The highest BCUT2D eigenvalue weighted by Crippen LogP contribution is 2.19. The normalized spacial score (nSPS) is 10.7. The number of para-hydroxylation sites is 1. The van der Waals surface area contributed by atoms with Gasteiger partial charge in [-0.05, 0) is 18.6 Å². The van der Waals surface area contributed by atoms with Crippen LogP contribution in [0.25, 0.3) is 11.0 Å². The zero-order valence-corrected chi connectivity index (χ0v) is 11.3. The van der Waals surface area contributed by atoms with Crippen molar-refractivity contribution < 1.29 is 0 Å². The number of aryl methyl sites for hydroxylation is 2. The molecule has 0 atom stereocenters. The number of hydrogen-bond donors (Lipinski definition) is 2. The standard InChI is InChI=1S/C14H14N6/c1-9-11(6-15)14(19-18-9)16-7-10-4-3-5-12-13(10)17-8-20(12)2/h3-5,8H,7H2,1-2H3,(H2,16,18,19). The van der Waals surface area contributed by atoms with E-state index in [0.29, 0.717) is 17.9 Å². The summed E-state index contributed by atoms with van der Waals surface area (Å²) in [5, 5.41) is 19.2. The Kier molecular flexibility index (Phi) is 2.88. The SMILES string of the molecule is Cc1[nH]nc(NCc2cccc3c2ncn3C)c1C#N. The summed E-state index contributed by atoms with van der Waals surface area (Å²) in [5.41, 5.74) is 4.45. The largest absolute Gasteiger partial charge is 0.363 e. The van der Waals surface area contributed by atoms with E-state index in [4.69, 9.17) is 5.26 Å². The molecule has 0 aliphatic rings. The Balaban J connectivity index is 1.89. The van der Waals surface area contributed by atoms with Crippen LogP contribution in [0.2, 0.25) is 0 Å². The van der Waals surface area contributed by atoms with Gasteiger partial charge < -0.3 is 9.88 Å². The van der Waals surface area contributed by atoms with E-state index >= 15 is 0 Å². The van der Waals surface area contributed by atoms with E-state index < -0.39 is 0 Å². The van der Waals surface area contributed by atoms with Crippen molar-refractivity contribution in [3.8, 4) is 6.07 Å². The Morgan fingerprint density at radius 2 is 2.30 bits per heavy atom.